The van der Waals surface area contributed by atoms with E-state index in [1.165, 1.54) is 0 Å². The molecular formula is C16H27FO2. The molecule has 0 bridgehead atoms. The Morgan fingerprint density at radius 1 is 1.26 bits per heavy atom. The van der Waals surface area contributed by atoms with Gasteiger partial charge in [-0.2, -0.15) is 0 Å². The van der Waals surface area contributed by atoms with Gasteiger partial charge in [-0.25, -0.2) is 0 Å². The highest BCUT2D eigenvalue weighted by Crippen LogP contribution is 2.59. The van der Waals surface area contributed by atoms with Crippen molar-refractivity contribution in [3.63, 3.8) is 0 Å². The fraction of sp³-hybridized carbons (Fsp3) is 0.812. The van der Waals surface area contributed by atoms with Crippen molar-refractivity contribution in [2.24, 2.45) is 16.7 Å². The van der Waals surface area contributed by atoms with Crippen molar-refractivity contribution in [3.8, 4) is 0 Å². The van der Waals surface area contributed by atoms with Crippen molar-refractivity contribution in [3.05, 3.63) is 11.3 Å². The summed E-state index contributed by atoms with van der Waals surface area (Å²) in [6.45, 7) is 9.88. The van der Waals surface area contributed by atoms with Gasteiger partial charge in [-0.05, 0) is 30.6 Å². The number of unbranched alkanes of at least 4 members (excludes halogenated alkanes) is 1. The molecule has 0 amide bonds. The second kappa shape index (κ2) is 5.64. The number of carbonyl (C=O) groups excluding carboxylic acids is 1. The lowest BCUT2D eigenvalue weighted by Gasteiger charge is -2.39. The van der Waals surface area contributed by atoms with Gasteiger partial charge in [0.1, 0.15) is 5.76 Å². The molecule has 0 aliphatic heterocycles. The molecule has 0 heterocycles. The largest absolute Gasteiger partial charge is 0.511 e. The van der Waals surface area contributed by atoms with Gasteiger partial charge in [0, 0.05) is 17.4 Å². The van der Waals surface area contributed by atoms with E-state index in [1.807, 2.05) is 13.8 Å². The first-order chi connectivity index (χ1) is 8.71. The van der Waals surface area contributed by atoms with Crippen LogP contribution in [0.2, 0.25) is 0 Å². The standard InChI is InChI=1S/C16H27FO2/c1-6-11-13(12(18)9-7-8-10-17)14(19)16(4,5)15(11,2)3/h11,19H,6-10H2,1-5H3. The Balaban J connectivity index is 3.03. The third-order valence-corrected chi connectivity index (χ3v) is 5.17. The zero-order valence-electron chi connectivity index (χ0n) is 12.8. The zero-order valence-corrected chi connectivity index (χ0v) is 12.8. The fourth-order valence-corrected chi connectivity index (χ4v) is 3.16. The fourth-order valence-electron chi connectivity index (χ4n) is 3.16. The van der Waals surface area contributed by atoms with Crippen molar-refractivity contribution in [2.75, 3.05) is 6.67 Å². The number of aliphatic hydroxyl groups excluding tert-OH is 1. The number of Topliss-reactive ketones (excluding diaryl/α,β-unsaturated/α-hetero) is 1. The second-order valence-corrected chi connectivity index (χ2v) is 6.64. The first kappa shape index (κ1) is 16.2. The van der Waals surface area contributed by atoms with Gasteiger partial charge in [0.2, 0.25) is 0 Å². The van der Waals surface area contributed by atoms with Crippen molar-refractivity contribution >= 4 is 5.78 Å². The van der Waals surface area contributed by atoms with E-state index in [9.17, 15) is 14.3 Å². The van der Waals surface area contributed by atoms with Crippen LogP contribution in [0, 0.1) is 16.7 Å². The van der Waals surface area contributed by atoms with E-state index >= 15 is 0 Å². The maximum atomic E-state index is 12.3. The summed E-state index contributed by atoms with van der Waals surface area (Å²) >= 11 is 0. The van der Waals surface area contributed by atoms with Crippen molar-refractivity contribution < 1.29 is 14.3 Å². The Morgan fingerprint density at radius 2 is 1.84 bits per heavy atom. The molecule has 0 saturated carbocycles. The Bertz CT molecular complexity index is 380. The number of allylic oxidation sites excluding steroid dienone is 2. The normalized spacial score (nSPS) is 24.8. The van der Waals surface area contributed by atoms with Crippen LogP contribution in [0.4, 0.5) is 4.39 Å². The van der Waals surface area contributed by atoms with Gasteiger partial charge in [-0.3, -0.25) is 9.18 Å². The van der Waals surface area contributed by atoms with Crippen LogP contribution in [0.1, 0.15) is 60.3 Å². The molecule has 1 N–H and O–H groups in total. The Hall–Kier alpha value is -0.860. The third kappa shape index (κ3) is 2.56. The smallest absolute Gasteiger partial charge is 0.162 e. The molecule has 1 aliphatic carbocycles. The number of rotatable bonds is 6. The van der Waals surface area contributed by atoms with Crippen LogP contribution < -0.4 is 0 Å². The average Bonchev–Trinajstić information content (AvgIpc) is 2.46. The summed E-state index contributed by atoms with van der Waals surface area (Å²) in [6, 6.07) is 0. The van der Waals surface area contributed by atoms with Crippen LogP contribution >= 0.6 is 0 Å². The molecule has 0 aromatic carbocycles. The van der Waals surface area contributed by atoms with Crippen LogP contribution in [-0.4, -0.2) is 17.6 Å². The molecule has 0 aromatic rings. The molecule has 2 nitrogen and oxygen atoms in total. The van der Waals surface area contributed by atoms with Crippen LogP contribution in [0.25, 0.3) is 0 Å². The van der Waals surface area contributed by atoms with Gasteiger partial charge in [0.15, 0.2) is 5.78 Å². The third-order valence-electron chi connectivity index (χ3n) is 5.17. The minimum absolute atomic E-state index is 0.00329. The van der Waals surface area contributed by atoms with Crippen molar-refractivity contribution in [1.82, 2.24) is 0 Å². The van der Waals surface area contributed by atoms with E-state index in [4.69, 9.17) is 0 Å². The minimum Gasteiger partial charge on any atom is -0.511 e. The molecule has 1 atom stereocenters. The number of hydrogen-bond acceptors (Lipinski definition) is 2. The maximum Gasteiger partial charge on any atom is 0.162 e. The molecule has 0 radical (unpaired) electrons. The maximum absolute atomic E-state index is 12.3. The Kier molecular flexibility index (Phi) is 4.81. The number of hydrogen-bond donors (Lipinski definition) is 1. The minimum atomic E-state index is -0.390. The quantitative estimate of drug-likeness (QED) is 0.716. The predicted molar refractivity (Wildman–Crippen MR) is 75.8 cm³/mol. The summed E-state index contributed by atoms with van der Waals surface area (Å²) in [5.41, 5.74) is 0.0618. The molecule has 0 fully saturated rings. The van der Waals surface area contributed by atoms with Crippen molar-refractivity contribution in [2.45, 2.75) is 60.3 Å². The summed E-state index contributed by atoms with van der Waals surface area (Å²) < 4.78 is 12.1. The topological polar surface area (TPSA) is 37.3 Å². The summed E-state index contributed by atoms with van der Waals surface area (Å²) in [5.74, 6) is 0.325. The first-order valence-corrected chi connectivity index (χ1v) is 7.24. The lowest BCUT2D eigenvalue weighted by atomic mass is 9.64. The first-order valence-electron chi connectivity index (χ1n) is 7.24. The highest BCUT2D eigenvalue weighted by atomic mass is 19.1. The van der Waals surface area contributed by atoms with Gasteiger partial charge in [-0.1, -0.05) is 34.6 Å². The molecule has 0 spiro atoms. The molecule has 1 rings (SSSR count). The highest BCUT2D eigenvalue weighted by Gasteiger charge is 2.54. The molecule has 1 unspecified atom stereocenters. The van der Waals surface area contributed by atoms with E-state index in [-0.39, 0.29) is 29.5 Å². The van der Waals surface area contributed by atoms with Gasteiger partial charge in [0.25, 0.3) is 0 Å². The molecule has 0 saturated heterocycles. The SMILES string of the molecule is CCC1C(C(=O)CCCCF)=C(O)C(C)(C)C1(C)C. The number of halogens is 1. The van der Waals surface area contributed by atoms with Crippen molar-refractivity contribution in [1.29, 1.82) is 0 Å². The van der Waals surface area contributed by atoms with E-state index in [0.29, 0.717) is 24.8 Å². The Morgan fingerprint density at radius 3 is 2.32 bits per heavy atom. The van der Waals surface area contributed by atoms with E-state index in [0.717, 1.165) is 6.42 Å². The molecule has 3 heteroatoms. The van der Waals surface area contributed by atoms with E-state index < -0.39 is 5.41 Å². The van der Waals surface area contributed by atoms with E-state index in [2.05, 4.69) is 20.8 Å². The molecule has 0 aromatic heterocycles. The molecule has 19 heavy (non-hydrogen) atoms. The van der Waals surface area contributed by atoms with Crippen LogP contribution in [0.5, 0.6) is 0 Å². The van der Waals surface area contributed by atoms with Crippen LogP contribution in [0.3, 0.4) is 0 Å². The van der Waals surface area contributed by atoms with Crippen LogP contribution in [0.15, 0.2) is 11.3 Å². The lowest BCUT2D eigenvalue weighted by molar-refractivity contribution is -0.116. The second-order valence-electron chi connectivity index (χ2n) is 6.64. The molecular weight excluding hydrogens is 243 g/mol. The van der Waals surface area contributed by atoms with E-state index in [1.54, 1.807) is 0 Å². The van der Waals surface area contributed by atoms with Gasteiger partial charge in [-0.15, -0.1) is 0 Å². The average molecular weight is 270 g/mol. The monoisotopic (exact) mass is 270 g/mol. The summed E-state index contributed by atoms with van der Waals surface area (Å²) in [7, 11) is 0. The molecule has 1 aliphatic rings. The highest BCUT2D eigenvalue weighted by molar-refractivity contribution is 5.97. The number of aliphatic hydroxyl groups is 1. The zero-order chi connectivity index (χ0) is 14.8. The predicted octanol–water partition coefficient (Wildman–Crippen LogP) is 4.60. The summed E-state index contributed by atoms with van der Waals surface area (Å²) in [6.07, 6.45) is 2.16. The summed E-state index contributed by atoms with van der Waals surface area (Å²) in [4.78, 5) is 12.3. The molecule has 110 valence electrons. The number of ketones is 1. The number of alkyl halides is 1. The van der Waals surface area contributed by atoms with Gasteiger partial charge in [0.05, 0.1) is 6.67 Å². The van der Waals surface area contributed by atoms with Gasteiger partial charge >= 0.3 is 0 Å². The van der Waals surface area contributed by atoms with Gasteiger partial charge < -0.3 is 5.11 Å². The lowest BCUT2D eigenvalue weighted by Crippen LogP contribution is -2.34. The Labute approximate surface area is 116 Å². The van der Waals surface area contributed by atoms with Crippen LogP contribution in [-0.2, 0) is 4.79 Å². The number of carbonyl (C=O) groups is 1. The summed E-state index contributed by atoms with van der Waals surface area (Å²) in [5, 5.41) is 10.5.